The van der Waals surface area contributed by atoms with Crippen molar-refractivity contribution < 1.29 is 154 Å². The minimum absolute atomic E-state index is 0.714. The molecule has 31 nitrogen and oxygen atoms in total. The predicted octanol–water partition coefficient (Wildman–Crippen LogP) is -14.1. The summed E-state index contributed by atoms with van der Waals surface area (Å²) in [5.74, 6) is 0. The van der Waals surface area contributed by atoms with Crippen LogP contribution in [0, 0.1) is 0 Å². The molecule has 0 radical (unpaired) electrons. The zero-order valence-electron chi connectivity index (χ0n) is 35.0. The summed E-state index contributed by atoms with van der Waals surface area (Å²) in [6.07, 6.45) is -55.7. The Morgan fingerprint density at radius 1 is 0.254 bits per heavy atom. The van der Waals surface area contributed by atoms with Crippen molar-refractivity contribution in [2.24, 2.45) is 0 Å². The van der Waals surface area contributed by atoms with Crippen LogP contribution in [0.25, 0.3) is 0 Å². The first-order chi connectivity index (χ1) is 31.6. The van der Waals surface area contributed by atoms with Gasteiger partial charge in [-0.3, -0.25) is 0 Å². The molecule has 30 atom stereocenters. The van der Waals surface area contributed by atoms with E-state index in [1.807, 2.05) is 0 Å². The molecule has 67 heavy (non-hydrogen) atoms. The van der Waals surface area contributed by atoms with Crippen LogP contribution in [0.5, 0.6) is 0 Å². The summed E-state index contributed by atoms with van der Waals surface area (Å²) >= 11 is 0. The molecule has 6 saturated heterocycles. The van der Waals surface area contributed by atoms with Crippen molar-refractivity contribution in [2.75, 3.05) is 39.6 Å². The molecule has 6 aliphatic rings. The van der Waals surface area contributed by atoms with Crippen LogP contribution in [0.3, 0.4) is 0 Å². The van der Waals surface area contributed by atoms with E-state index in [9.17, 15) is 102 Å². The summed E-state index contributed by atoms with van der Waals surface area (Å²) in [6, 6.07) is 0. The third-order valence-electron chi connectivity index (χ3n) is 12.4. The molecule has 6 rings (SSSR count). The van der Waals surface area contributed by atoms with E-state index in [1.165, 1.54) is 0 Å². The lowest BCUT2D eigenvalue weighted by Gasteiger charge is -2.47. The minimum atomic E-state index is -2.17. The van der Waals surface area contributed by atoms with Crippen LogP contribution < -0.4 is 0 Å². The van der Waals surface area contributed by atoms with Crippen molar-refractivity contribution in [3.8, 4) is 0 Å². The van der Waals surface area contributed by atoms with Crippen LogP contribution in [0.4, 0.5) is 0 Å². The third-order valence-corrected chi connectivity index (χ3v) is 12.4. The zero-order chi connectivity index (χ0) is 49.3. The van der Waals surface area contributed by atoms with Crippen LogP contribution >= 0.6 is 0 Å². The fourth-order valence-electron chi connectivity index (χ4n) is 8.19. The second kappa shape index (κ2) is 23.5. The summed E-state index contributed by atoms with van der Waals surface area (Å²) in [6.45, 7) is -4.94. The highest BCUT2D eigenvalue weighted by atomic mass is 16.8. The maximum atomic E-state index is 11.2. The summed E-state index contributed by atoms with van der Waals surface area (Å²) in [4.78, 5) is 0. The van der Waals surface area contributed by atoms with Crippen molar-refractivity contribution in [3.05, 3.63) is 0 Å². The second-order valence-electron chi connectivity index (χ2n) is 16.9. The molecule has 0 bridgehead atoms. The third kappa shape index (κ3) is 11.7. The molecule has 0 aromatic rings. The van der Waals surface area contributed by atoms with Crippen molar-refractivity contribution in [2.45, 2.75) is 184 Å². The largest absolute Gasteiger partial charge is 0.394 e. The quantitative estimate of drug-likeness (QED) is 0.0683. The first-order valence-electron chi connectivity index (χ1n) is 21.1. The molecular formula is C36H62O31. The molecule has 6 fully saturated rings. The summed E-state index contributed by atoms with van der Waals surface area (Å²) < 4.78 is 59.9. The number of aliphatic hydroxyl groups excluding tert-OH is 20. The smallest absolute Gasteiger partial charge is 0.187 e. The minimum Gasteiger partial charge on any atom is -0.394 e. The highest BCUT2D eigenvalue weighted by Gasteiger charge is 2.55. The van der Waals surface area contributed by atoms with Gasteiger partial charge in [0.15, 0.2) is 37.7 Å². The maximum Gasteiger partial charge on any atom is 0.187 e. The number of hydrogen-bond acceptors (Lipinski definition) is 31. The van der Waals surface area contributed by atoms with Crippen molar-refractivity contribution in [1.82, 2.24) is 0 Å². The molecule has 0 saturated carbocycles. The second-order valence-corrected chi connectivity index (χ2v) is 16.9. The topological polar surface area (TPSA) is 506 Å². The number of ether oxygens (including phenoxy) is 11. The molecular weight excluding hydrogens is 928 g/mol. The van der Waals surface area contributed by atoms with E-state index in [0.717, 1.165) is 0 Å². The van der Waals surface area contributed by atoms with Gasteiger partial charge in [0.25, 0.3) is 0 Å². The Kier molecular flexibility index (Phi) is 19.4. The van der Waals surface area contributed by atoms with Crippen LogP contribution in [-0.2, 0) is 52.1 Å². The molecule has 31 heteroatoms. The molecule has 0 unspecified atom stereocenters. The average Bonchev–Trinajstić information content (AvgIpc) is 3.31. The van der Waals surface area contributed by atoms with Gasteiger partial charge in [-0.25, -0.2) is 0 Å². The van der Waals surface area contributed by atoms with E-state index in [1.54, 1.807) is 0 Å². The molecule has 392 valence electrons. The van der Waals surface area contributed by atoms with Gasteiger partial charge in [0.1, 0.15) is 146 Å². The lowest BCUT2D eigenvalue weighted by molar-refractivity contribution is -0.374. The molecule has 6 heterocycles. The summed E-state index contributed by atoms with van der Waals surface area (Å²) in [5.41, 5.74) is 0. The molecule has 6 aliphatic heterocycles. The lowest BCUT2D eigenvalue weighted by atomic mass is 9.96. The number of rotatable bonds is 16. The molecule has 0 spiro atoms. The first kappa shape index (κ1) is 55.1. The number of hydrogen-bond donors (Lipinski definition) is 20. The van der Waals surface area contributed by atoms with Gasteiger partial charge in [0.05, 0.1) is 39.6 Å². The lowest BCUT2D eigenvalue weighted by Crippen LogP contribution is -2.66. The number of aliphatic hydroxyl groups is 20. The van der Waals surface area contributed by atoms with E-state index in [4.69, 9.17) is 52.1 Å². The molecule has 0 aromatic carbocycles. The SMILES string of the molecule is OC[C@H]1O[C@@H](OC[C@H]2O[C@H](OC[C@H]3O[C@@H](O)[C@H](O)[C@@H](O[C@H]4O[C@H](CO[C@H]5O[C@H](CO)[C@H](O)[C@H](O[C@@H]6O[C@H](CO)[C@H](O)[C@H](O)[C@H]6O)[C@H]5O)[C@@H](O)[C@H](O)[C@H]4O)[C@@H]3O)[C@H](O)[C@@H](O)[C@@H]2O)[C@H](O)[C@@H](O)[C@H]1O. The molecule has 0 aliphatic carbocycles. The summed E-state index contributed by atoms with van der Waals surface area (Å²) in [5, 5.41) is 208. The van der Waals surface area contributed by atoms with Crippen LogP contribution in [0.15, 0.2) is 0 Å². The van der Waals surface area contributed by atoms with Gasteiger partial charge in [-0.2, -0.15) is 0 Å². The molecule has 0 aromatic heterocycles. The van der Waals surface area contributed by atoms with Gasteiger partial charge in [0.2, 0.25) is 0 Å². The van der Waals surface area contributed by atoms with E-state index < -0.39 is 224 Å². The monoisotopic (exact) mass is 990 g/mol. The zero-order valence-corrected chi connectivity index (χ0v) is 35.0. The average molecular weight is 991 g/mol. The maximum absolute atomic E-state index is 11.2. The van der Waals surface area contributed by atoms with Crippen molar-refractivity contribution in [3.63, 3.8) is 0 Å². The van der Waals surface area contributed by atoms with Gasteiger partial charge >= 0.3 is 0 Å². The Labute approximate surface area is 378 Å². The standard InChI is InChI=1S/C36H62O31/c37-1-7-13(40)19(46)23(50)32(61-7)57-4-10-15(42)21(48)24(51)33(64-10)58-6-12-18(45)29(27(54)31(56)60-12)66-36-26(53)22(49)16(43)11(65-36)5-59-34-28(55)30(17(44)9(3-39)62-34)67-35-25(52)20(47)14(41)8(2-38)63-35/h7-56H,1-6H2/t7-,8-,9-,10-,11-,12-,13+,14+,15-,16-,17+,18-,19+,20+,21+,22+,23-,24-,25-,26-,27-,28-,29+,30+,31-,32-,33+,34+,35+,36-/m1/s1. The Hall–Kier alpha value is -1.24. The highest BCUT2D eigenvalue weighted by Crippen LogP contribution is 2.33. The first-order valence-corrected chi connectivity index (χ1v) is 21.1. The van der Waals surface area contributed by atoms with Gasteiger partial charge < -0.3 is 154 Å². The van der Waals surface area contributed by atoms with E-state index in [0.29, 0.717) is 0 Å². The van der Waals surface area contributed by atoms with E-state index >= 15 is 0 Å². The van der Waals surface area contributed by atoms with Gasteiger partial charge in [-0.15, -0.1) is 0 Å². The van der Waals surface area contributed by atoms with E-state index in [2.05, 4.69) is 0 Å². The Balaban J connectivity index is 1.06. The van der Waals surface area contributed by atoms with Crippen LogP contribution in [-0.4, -0.2) is 326 Å². The Morgan fingerprint density at radius 3 is 0.925 bits per heavy atom. The van der Waals surface area contributed by atoms with Gasteiger partial charge in [-0.05, 0) is 0 Å². The predicted molar refractivity (Wildman–Crippen MR) is 199 cm³/mol. The fourth-order valence-corrected chi connectivity index (χ4v) is 8.19. The van der Waals surface area contributed by atoms with Crippen molar-refractivity contribution in [1.29, 1.82) is 0 Å². The Bertz CT molecular complexity index is 1510. The van der Waals surface area contributed by atoms with Crippen LogP contribution in [0.1, 0.15) is 0 Å². The normalized spacial score (nSPS) is 53.4. The van der Waals surface area contributed by atoms with Crippen LogP contribution in [0.2, 0.25) is 0 Å². The fraction of sp³-hybridized carbons (Fsp3) is 1.00. The van der Waals surface area contributed by atoms with Gasteiger partial charge in [0, 0.05) is 0 Å². The highest BCUT2D eigenvalue weighted by molar-refractivity contribution is 4.98. The Morgan fingerprint density at radius 2 is 0.522 bits per heavy atom. The molecule has 0 amide bonds. The summed E-state index contributed by atoms with van der Waals surface area (Å²) in [7, 11) is 0. The van der Waals surface area contributed by atoms with Crippen molar-refractivity contribution >= 4 is 0 Å². The van der Waals surface area contributed by atoms with Gasteiger partial charge in [-0.1, -0.05) is 0 Å². The van der Waals surface area contributed by atoms with E-state index in [-0.39, 0.29) is 0 Å². The molecule has 20 N–H and O–H groups in total.